The molecule has 4 heteroatoms. The zero-order valence-electron chi connectivity index (χ0n) is 11.6. The zero-order chi connectivity index (χ0) is 13.9. The van der Waals surface area contributed by atoms with Crippen molar-refractivity contribution in [2.75, 3.05) is 20.1 Å². The van der Waals surface area contributed by atoms with Crippen LogP contribution in [0, 0.1) is 0 Å². The van der Waals surface area contributed by atoms with Gasteiger partial charge in [0.15, 0.2) is 0 Å². The van der Waals surface area contributed by atoms with Crippen molar-refractivity contribution < 1.29 is 9.90 Å². The van der Waals surface area contributed by atoms with Crippen LogP contribution in [0.3, 0.4) is 0 Å². The van der Waals surface area contributed by atoms with Gasteiger partial charge in [-0.1, -0.05) is 18.2 Å². The van der Waals surface area contributed by atoms with E-state index >= 15 is 0 Å². The zero-order valence-corrected chi connectivity index (χ0v) is 11.6. The fourth-order valence-electron chi connectivity index (χ4n) is 2.43. The van der Waals surface area contributed by atoms with Gasteiger partial charge in [0.1, 0.15) is 5.75 Å². The van der Waals surface area contributed by atoms with Crippen LogP contribution in [0.1, 0.15) is 25.3 Å². The monoisotopic (exact) mass is 262 g/mol. The quantitative estimate of drug-likeness (QED) is 0.868. The third-order valence-corrected chi connectivity index (χ3v) is 4.16. The summed E-state index contributed by atoms with van der Waals surface area (Å²) < 4.78 is 0. The van der Waals surface area contributed by atoms with Crippen LogP contribution in [0.25, 0.3) is 0 Å². The van der Waals surface area contributed by atoms with Gasteiger partial charge >= 0.3 is 0 Å². The second-order valence-electron chi connectivity index (χ2n) is 5.50. The summed E-state index contributed by atoms with van der Waals surface area (Å²) in [6, 6.07) is 7.03. The number of carbonyl (C=O) groups is 1. The smallest absolute Gasteiger partial charge is 0.227 e. The summed E-state index contributed by atoms with van der Waals surface area (Å²) >= 11 is 0. The first-order chi connectivity index (χ1) is 9.04. The Bertz CT molecular complexity index is 451. The number of phenols is 1. The fourth-order valence-corrected chi connectivity index (χ4v) is 2.43. The topological polar surface area (TPSA) is 52.6 Å². The fraction of sp³-hybridized carbons (Fsp3) is 0.533. The van der Waals surface area contributed by atoms with E-state index in [4.69, 9.17) is 0 Å². The lowest BCUT2D eigenvalue weighted by molar-refractivity contribution is -0.132. The third kappa shape index (κ3) is 3.26. The molecule has 0 spiro atoms. The number of nitrogens with one attached hydrogen (secondary N) is 1. The molecule has 1 aromatic rings. The van der Waals surface area contributed by atoms with E-state index in [9.17, 15) is 9.90 Å². The predicted molar refractivity (Wildman–Crippen MR) is 75.1 cm³/mol. The number of rotatable bonds is 3. The summed E-state index contributed by atoms with van der Waals surface area (Å²) in [6.45, 7) is 3.76. The molecule has 1 aromatic carbocycles. The molecule has 0 aromatic heterocycles. The van der Waals surface area contributed by atoms with Crippen molar-refractivity contribution in [3.8, 4) is 5.75 Å². The molecule has 0 unspecified atom stereocenters. The Labute approximate surface area is 114 Å². The highest BCUT2D eigenvalue weighted by Crippen LogP contribution is 2.23. The number of aromatic hydroxyl groups is 1. The Balaban J connectivity index is 1.94. The maximum absolute atomic E-state index is 12.2. The first-order valence-corrected chi connectivity index (χ1v) is 6.78. The molecule has 1 aliphatic heterocycles. The van der Waals surface area contributed by atoms with E-state index in [1.54, 1.807) is 18.2 Å². The van der Waals surface area contributed by atoms with Crippen LogP contribution in [-0.2, 0) is 11.2 Å². The molecule has 1 heterocycles. The summed E-state index contributed by atoms with van der Waals surface area (Å²) in [4.78, 5) is 14.1. The van der Waals surface area contributed by atoms with Crippen molar-refractivity contribution in [2.45, 2.75) is 31.7 Å². The lowest BCUT2D eigenvalue weighted by Crippen LogP contribution is -2.51. The highest BCUT2D eigenvalue weighted by atomic mass is 16.3. The average molecular weight is 262 g/mol. The second kappa shape index (κ2) is 5.61. The minimum atomic E-state index is 0.0969. The van der Waals surface area contributed by atoms with Crippen LogP contribution >= 0.6 is 0 Å². The largest absolute Gasteiger partial charge is 0.508 e. The number of para-hydroxylation sites is 1. The number of phenolic OH excluding ortho intramolecular Hbond substituents is 1. The summed E-state index contributed by atoms with van der Waals surface area (Å²) in [6.07, 6.45) is 2.22. The Morgan fingerprint density at radius 2 is 2.00 bits per heavy atom. The molecule has 0 bridgehead atoms. The van der Waals surface area contributed by atoms with E-state index in [0.717, 1.165) is 25.9 Å². The Hall–Kier alpha value is -1.55. The van der Waals surface area contributed by atoms with Gasteiger partial charge in [0.05, 0.1) is 6.42 Å². The molecule has 2 N–H and O–H groups in total. The number of benzene rings is 1. The molecule has 4 nitrogen and oxygen atoms in total. The van der Waals surface area contributed by atoms with Gasteiger partial charge in [0.25, 0.3) is 0 Å². The van der Waals surface area contributed by atoms with Crippen LogP contribution in [-0.4, -0.2) is 41.6 Å². The van der Waals surface area contributed by atoms with Crippen molar-refractivity contribution in [2.24, 2.45) is 0 Å². The Morgan fingerprint density at radius 3 is 2.58 bits per heavy atom. The van der Waals surface area contributed by atoms with Gasteiger partial charge in [0.2, 0.25) is 5.91 Å². The van der Waals surface area contributed by atoms with Crippen molar-refractivity contribution in [1.82, 2.24) is 10.2 Å². The van der Waals surface area contributed by atoms with E-state index in [2.05, 4.69) is 12.2 Å². The van der Waals surface area contributed by atoms with E-state index in [1.165, 1.54) is 0 Å². The van der Waals surface area contributed by atoms with Crippen molar-refractivity contribution in [3.05, 3.63) is 29.8 Å². The lowest BCUT2D eigenvalue weighted by atomic mass is 9.89. The Morgan fingerprint density at radius 1 is 1.37 bits per heavy atom. The number of nitrogens with zero attached hydrogens (tertiary/aromatic N) is 1. The first-order valence-electron chi connectivity index (χ1n) is 6.78. The molecule has 0 aliphatic carbocycles. The van der Waals surface area contributed by atoms with Gasteiger partial charge in [-0.05, 0) is 32.9 Å². The minimum absolute atomic E-state index is 0.0969. The van der Waals surface area contributed by atoms with Gasteiger partial charge in [0, 0.05) is 24.2 Å². The van der Waals surface area contributed by atoms with Crippen molar-refractivity contribution >= 4 is 5.91 Å². The van der Waals surface area contributed by atoms with E-state index in [-0.39, 0.29) is 23.6 Å². The number of amides is 1. The van der Waals surface area contributed by atoms with Gasteiger partial charge in [-0.2, -0.15) is 0 Å². The number of likely N-dealkylation sites (tertiary alicyclic amines) is 1. The average Bonchev–Trinajstić information content (AvgIpc) is 2.42. The third-order valence-electron chi connectivity index (χ3n) is 4.16. The molecule has 0 radical (unpaired) electrons. The molecule has 1 aliphatic rings. The predicted octanol–water partition coefficient (Wildman–Crippen LogP) is 1.54. The van der Waals surface area contributed by atoms with E-state index in [1.807, 2.05) is 18.0 Å². The maximum Gasteiger partial charge on any atom is 0.227 e. The van der Waals surface area contributed by atoms with Gasteiger partial charge in [-0.25, -0.2) is 0 Å². The number of hydrogen-bond donors (Lipinski definition) is 2. The number of piperidine rings is 1. The molecule has 1 amide bonds. The molecule has 1 fully saturated rings. The molecule has 19 heavy (non-hydrogen) atoms. The molecular weight excluding hydrogens is 240 g/mol. The first kappa shape index (κ1) is 13.9. The van der Waals surface area contributed by atoms with Crippen LogP contribution in [0.4, 0.5) is 0 Å². The summed E-state index contributed by atoms with van der Waals surface area (Å²) in [5.74, 6) is 0.299. The molecule has 0 saturated carbocycles. The van der Waals surface area contributed by atoms with E-state index in [0.29, 0.717) is 5.56 Å². The van der Waals surface area contributed by atoms with Crippen LogP contribution in [0.2, 0.25) is 0 Å². The molecule has 1 saturated heterocycles. The summed E-state index contributed by atoms with van der Waals surface area (Å²) in [5, 5.41) is 13.0. The highest BCUT2D eigenvalue weighted by molar-refractivity contribution is 5.79. The van der Waals surface area contributed by atoms with Crippen molar-refractivity contribution in [1.29, 1.82) is 0 Å². The molecule has 104 valence electrons. The normalized spacial score (nSPS) is 18.3. The number of hydrogen-bond acceptors (Lipinski definition) is 3. The van der Waals surface area contributed by atoms with Crippen LogP contribution in [0.5, 0.6) is 5.75 Å². The van der Waals surface area contributed by atoms with Gasteiger partial charge in [-0.3, -0.25) is 4.79 Å². The molecular formula is C15H22N2O2. The summed E-state index contributed by atoms with van der Waals surface area (Å²) in [7, 11) is 1.97. The second-order valence-corrected chi connectivity index (χ2v) is 5.50. The molecule has 0 atom stereocenters. The SMILES string of the molecule is CNC1(C)CCN(C(=O)Cc2ccccc2O)CC1. The van der Waals surface area contributed by atoms with Crippen LogP contribution < -0.4 is 5.32 Å². The lowest BCUT2D eigenvalue weighted by Gasteiger charge is -2.39. The highest BCUT2D eigenvalue weighted by Gasteiger charge is 2.30. The number of carbonyl (C=O) groups excluding carboxylic acids is 1. The Kier molecular flexibility index (Phi) is 4.10. The summed E-state index contributed by atoms with van der Waals surface area (Å²) in [5.41, 5.74) is 0.848. The van der Waals surface area contributed by atoms with E-state index < -0.39 is 0 Å². The van der Waals surface area contributed by atoms with Gasteiger partial charge < -0.3 is 15.3 Å². The maximum atomic E-state index is 12.2. The minimum Gasteiger partial charge on any atom is -0.508 e. The molecule has 2 rings (SSSR count). The van der Waals surface area contributed by atoms with Gasteiger partial charge in [-0.15, -0.1) is 0 Å². The van der Waals surface area contributed by atoms with Crippen molar-refractivity contribution in [3.63, 3.8) is 0 Å². The standard InChI is InChI=1S/C15H22N2O2/c1-15(16-2)7-9-17(10-8-15)14(19)11-12-5-3-4-6-13(12)18/h3-6,16,18H,7-11H2,1-2H3. The van der Waals surface area contributed by atoms with Crippen LogP contribution in [0.15, 0.2) is 24.3 Å².